The summed E-state index contributed by atoms with van der Waals surface area (Å²) in [6.45, 7) is 4.80. The van der Waals surface area contributed by atoms with E-state index >= 15 is 0 Å². The Morgan fingerprint density at radius 3 is 1.78 bits per heavy atom. The normalized spacial score (nSPS) is 20.3. The third kappa shape index (κ3) is 11.4. The third-order valence-corrected chi connectivity index (χ3v) is 9.74. The van der Waals surface area contributed by atoms with Gasteiger partial charge >= 0.3 is 35.9 Å². The van der Waals surface area contributed by atoms with E-state index in [2.05, 4.69) is 10.6 Å². The van der Waals surface area contributed by atoms with Crippen molar-refractivity contribution in [2.45, 2.75) is 83.5 Å². The first-order valence-corrected chi connectivity index (χ1v) is 19.2. The predicted molar refractivity (Wildman–Crippen MR) is 207 cm³/mol. The van der Waals surface area contributed by atoms with Gasteiger partial charge in [-0.05, 0) is 34.7 Å². The molecule has 1 aliphatic carbocycles. The minimum absolute atomic E-state index is 0.00640. The minimum Gasteiger partial charge on any atom is -0.464 e. The van der Waals surface area contributed by atoms with Crippen LogP contribution in [0.1, 0.15) is 57.2 Å². The second-order valence-electron chi connectivity index (χ2n) is 14.0. The number of esters is 5. The van der Waals surface area contributed by atoms with Crippen molar-refractivity contribution in [1.82, 2.24) is 10.6 Å². The monoisotopic (exact) mass is 816 g/mol. The minimum atomic E-state index is -1.65. The molecular formula is C43H48N2O14. The number of hydrogen-bond acceptors (Lipinski definition) is 14. The Labute approximate surface area is 341 Å². The molecule has 1 saturated heterocycles. The summed E-state index contributed by atoms with van der Waals surface area (Å²) < 4.78 is 39.3. The van der Waals surface area contributed by atoms with Crippen molar-refractivity contribution in [2.75, 3.05) is 26.4 Å². The van der Waals surface area contributed by atoms with Crippen molar-refractivity contribution < 1.29 is 66.7 Å². The maximum atomic E-state index is 14.6. The van der Waals surface area contributed by atoms with E-state index < -0.39 is 97.5 Å². The quantitative estimate of drug-likeness (QED) is 0.157. The fourth-order valence-corrected chi connectivity index (χ4v) is 7.35. The van der Waals surface area contributed by atoms with Gasteiger partial charge < -0.3 is 43.8 Å². The van der Waals surface area contributed by atoms with Gasteiger partial charge in [-0.15, -0.1) is 0 Å². The molecule has 2 aliphatic rings. The average molecular weight is 817 g/mol. The first kappa shape index (κ1) is 43.8. The summed E-state index contributed by atoms with van der Waals surface area (Å²) in [5, 5.41) is 5.31. The molecule has 1 aliphatic heterocycles. The highest BCUT2D eigenvalue weighted by Gasteiger charge is 2.55. The Bertz CT molecular complexity index is 1960. The van der Waals surface area contributed by atoms with E-state index in [0.29, 0.717) is 5.56 Å². The molecule has 0 aromatic heterocycles. The van der Waals surface area contributed by atoms with Crippen molar-refractivity contribution >= 4 is 41.8 Å². The molecule has 1 unspecified atom stereocenters. The molecule has 0 spiro atoms. The summed E-state index contributed by atoms with van der Waals surface area (Å²) in [4.78, 5) is 90.9. The Morgan fingerprint density at radius 2 is 1.20 bits per heavy atom. The van der Waals surface area contributed by atoms with Crippen molar-refractivity contribution in [3.05, 3.63) is 95.6 Å². The smallest absolute Gasteiger partial charge is 0.407 e. The van der Waals surface area contributed by atoms with Crippen LogP contribution in [0.5, 0.6) is 0 Å². The summed E-state index contributed by atoms with van der Waals surface area (Å²) in [5.74, 6) is -6.79. The van der Waals surface area contributed by atoms with Gasteiger partial charge in [0, 0.05) is 46.6 Å². The molecule has 0 saturated carbocycles. The second-order valence-corrected chi connectivity index (χ2v) is 14.0. The number of carbonyl (C=O) groups is 7. The van der Waals surface area contributed by atoms with Crippen LogP contribution in [0.15, 0.2) is 78.9 Å². The van der Waals surface area contributed by atoms with Crippen LogP contribution in [0.25, 0.3) is 11.1 Å². The number of ether oxygens (including phenoxy) is 7. The molecule has 2 amide bonds. The Balaban J connectivity index is 1.49. The molecule has 3 aromatic carbocycles. The molecule has 16 nitrogen and oxygen atoms in total. The fourth-order valence-electron chi connectivity index (χ4n) is 7.35. The zero-order valence-corrected chi connectivity index (χ0v) is 33.4. The van der Waals surface area contributed by atoms with Gasteiger partial charge in [-0.3, -0.25) is 24.0 Å². The highest BCUT2D eigenvalue weighted by molar-refractivity contribution is 5.87. The number of nitrogens with one attached hydrogen (secondary N) is 2. The van der Waals surface area contributed by atoms with E-state index in [-0.39, 0.29) is 25.6 Å². The lowest BCUT2D eigenvalue weighted by Gasteiger charge is -2.46. The SMILES string of the molecule is CCOC(=O)C(Cc1ccccc1)NC(=O)[C@@H](CNC(=O)OCC1c2ccccc2-c2ccccc21)[C@H]1O[C@H](COC(C)=O)[C@@H](OC(C)=O)[C@H](OC(C)=O)[C@H]1OC(C)=O. The molecule has 7 atom stereocenters. The van der Waals surface area contributed by atoms with Gasteiger partial charge in [0.2, 0.25) is 5.91 Å². The molecule has 0 bridgehead atoms. The maximum Gasteiger partial charge on any atom is 0.407 e. The number of benzene rings is 3. The van der Waals surface area contributed by atoms with Gasteiger partial charge in [-0.2, -0.15) is 0 Å². The van der Waals surface area contributed by atoms with Crippen molar-refractivity contribution in [3.63, 3.8) is 0 Å². The first-order valence-electron chi connectivity index (χ1n) is 19.2. The van der Waals surface area contributed by atoms with Crippen LogP contribution in [0.4, 0.5) is 4.79 Å². The number of carbonyl (C=O) groups excluding carboxylic acids is 7. The number of hydrogen-bond donors (Lipinski definition) is 2. The fraction of sp³-hybridized carbons (Fsp3) is 0.419. The van der Waals surface area contributed by atoms with E-state index in [0.717, 1.165) is 49.9 Å². The third-order valence-electron chi connectivity index (χ3n) is 9.74. The average Bonchev–Trinajstić information content (AvgIpc) is 3.51. The molecule has 0 radical (unpaired) electrons. The van der Waals surface area contributed by atoms with Gasteiger partial charge in [0.05, 0.1) is 12.5 Å². The van der Waals surface area contributed by atoms with Crippen LogP contribution in [-0.2, 0) is 68.3 Å². The van der Waals surface area contributed by atoms with E-state index in [1.54, 1.807) is 37.3 Å². The lowest BCUT2D eigenvalue weighted by molar-refractivity contribution is -0.259. The van der Waals surface area contributed by atoms with Crippen LogP contribution in [0.2, 0.25) is 0 Å². The number of alkyl carbamates (subject to hydrolysis) is 1. The standard InChI is InChI=1S/C43H48N2O14/c1-6-53-42(51)35(20-28-14-8-7-9-15-28)45-41(50)33(21-44-43(52)55-22-34-31-18-12-10-16-29(31)30-17-11-13-19-32(30)34)37-39(57-26(4)48)40(58-27(5)49)38(56-25(3)47)36(59-37)23-54-24(2)46/h7-19,33-40H,6,20-23H2,1-5H3,(H,44,52)(H,45,50)/t33-,35?,36+,37+,38+,39-,40-/m0/s1. The highest BCUT2D eigenvalue weighted by Crippen LogP contribution is 2.44. The molecule has 16 heteroatoms. The Morgan fingerprint density at radius 1 is 0.644 bits per heavy atom. The Kier molecular flexibility index (Phi) is 15.2. The summed E-state index contributed by atoms with van der Waals surface area (Å²) >= 11 is 0. The van der Waals surface area contributed by atoms with Crippen molar-refractivity contribution in [2.24, 2.45) is 5.92 Å². The molecular weight excluding hydrogens is 768 g/mol. The first-order chi connectivity index (χ1) is 28.3. The van der Waals surface area contributed by atoms with Crippen molar-refractivity contribution in [3.8, 4) is 11.1 Å². The van der Waals surface area contributed by atoms with E-state index in [4.69, 9.17) is 33.2 Å². The molecule has 1 fully saturated rings. The summed E-state index contributed by atoms with van der Waals surface area (Å²) in [6, 6.07) is 23.1. The van der Waals surface area contributed by atoms with Crippen LogP contribution in [-0.4, -0.2) is 105 Å². The van der Waals surface area contributed by atoms with Crippen molar-refractivity contribution in [1.29, 1.82) is 0 Å². The van der Waals surface area contributed by atoms with Crippen LogP contribution < -0.4 is 10.6 Å². The number of rotatable bonds is 16. The van der Waals surface area contributed by atoms with Gasteiger partial charge in [-0.1, -0.05) is 78.9 Å². The molecule has 5 rings (SSSR count). The summed E-state index contributed by atoms with van der Waals surface area (Å²) in [5.41, 5.74) is 4.67. The van der Waals surface area contributed by atoms with E-state index in [1.165, 1.54) is 0 Å². The molecule has 1 heterocycles. The summed E-state index contributed by atoms with van der Waals surface area (Å²) in [7, 11) is 0. The number of amides is 2. The van der Waals surface area contributed by atoms with Crippen LogP contribution in [0.3, 0.4) is 0 Å². The highest BCUT2D eigenvalue weighted by atomic mass is 16.7. The molecule has 2 N–H and O–H groups in total. The zero-order chi connectivity index (χ0) is 42.6. The topological polar surface area (TPSA) is 208 Å². The molecule has 314 valence electrons. The van der Waals surface area contributed by atoms with Gasteiger partial charge in [0.15, 0.2) is 18.3 Å². The Hall–Kier alpha value is -6.29. The van der Waals surface area contributed by atoms with Gasteiger partial charge in [-0.25, -0.2) is 9.59 Å². The van der Waals surface area contributed by atoms with Gasteiger partial charge in [0.1, 0.15) is 31.5 Å². The maximum absolute atomic E-state index is 14.6. The van der Waals surface area contributed by atoms with Crippen LogP contribution in [0, 0.1) is 5.92 Å². The zero-order valence-electron chi connectivity index (χ0n) is 33.4. The van der Waals surface area contributed by atoms with E-state index in [9.17, 15) is 33.6 Å². The largest absolute Gasteiger partial charge is 0.464 e. The summed E-state index contributed by atoms with van der Waals surface area (Å²) in [6.07, 6.45) is -8.64. The lowest BCUT2D eigenvalue weighted by atomic mass is 9.86. The molecule has 3 aromatic rings. The predicted octanol–water partition coefficient (Wildman–Crippen LogP) is 3.56. The second kappa shape index (κ2) is 20.4. The van der Waals surface area contributed by atoms with Gasteiger partial charge in [0.25, 0.3) is 0 Å². The van der Waals surface area contributed by atoms with Crippen LogP contribution >= 0.6 is 0 Å². The number of fused-ring (bicyclic) bond motifs is 3. The van der Waals surface area contributed by atoms with E-state index in [1.807, 2.05) is 48.5 Å². The molecule has 59 heavy (non-hydrogen) atoms. The lowest BCUT2D eigenvalue weighted by Crippen LogP contribution is -2.66.